The molecular formula is C16H27NO5SSi. The van der Waals surface area contributed by atoms with Gasteiger partial charge in [0.2, 0.25) is 0 Å². The maximum absolute atomic E-state index is 11.9. The Morgan fingerprint density at radius 3 is 2.58 bits per heavy atom. The van der Waals surface area contributed by atoms with Gasteiger partial charge in [0.15, 0.2) is 0 Å². The highest BCUT2D eigenvalue weighted by Gasteiger charge is 2.12. The van der Waals surface area contributed by atoms with E-state index >= 15 is 0 Å². The summed E-state index contributed by atoms with van der Waals surface area (Å²) in [5.41, 5.74) is 0.653. The van der Waals surface area contributed by atoms with Gasteiger partial charge in [-0.25, -0.2) is 0 Å². The highest BCUT2D eigenvalue weighted by molar-refractivity contribution is 7.98. The number of rotatable bonds is 12. The minimum Gasteiger partial charge on any atom is -0.468 e. The van der Waals surface area contributed by atoms with Gasteiger partial charge < -0.3 is 18.2 Å². The van der Waals surface area contributed by atoms with Gasteiger partial charge in [0.1, 0.15) is 6.54 Å². The Morgan fingerprint density at radius 2 is 1.96 bits per heavy atom. The van der Waals surface area contributed by atoms with Crippen molar-refractivity contribution < 1.29 is 18.4 Å². The van der Waals surface area contributed by atoms with Gasteiger partial charge in [-0.2, -0.15) is 11.8 Å². The maximum atomic E-state index is 11.9. The molecule has 0 unspecified atom stereocenters. The summed E-state index contributed by atoms with van der Waals surface area (Å²) in [7, 11) is -0.201. The van der Waals surface area contributed by atoms with Crippen molar-refractivity contribution in [3.8, 4) is 0 Å². The summed E-state index contributed by atoms with van der Waals surface area (Å²) in [5, 5.41) is 0. The zero-order valence-electron chi connectivity index (χ0n) is 14.7. The molecule has 0 fully saturated rings. The second-order valence-electron chi connectivity index (χ2n) is 5.05. The minimum atomic E-state index is -1.52. The van der Waals surface area contributed by atoms with Crippen LogP contribution in [0, 0.1) is 0 Å². The minimum absolute atomic E-state index is 0.0459. The fourth-order valence-corrected chi connectivity index (χ4v) is 5.16. The molecule has 0 spiro atoms. The molecule has 0 aliphatic carbocycles. The number of carbonyl (C=O) groups is 1. The van der Waals surface area contributed by atoms with E-state index in [0.29, 0.717) is 19.0 Å². The van der Waals surface area contributed by atoms with Crippen LogP contribution in [0.5, 0.6) is 0 Å². The third kappa shape index (κ3) is 7.65. The summed E-state index contributed by atoms with van der Waals surface area (Å²) < 4.78 is 17.4. The molecule has 0 bridgehead atoms. The first-order valence-electron chi connectivity index (χ1n) is 8.18. The molecule has 1 aromatic rings. The molecule has 1 heterocycles. The third-order valence-electron chi connectivity index (χ3n) is 3.34. The molecule has 0 N–H and O–H groups in total. The average molecular weight is 374 g/mol. The normalized spacial score (nSPS) is 11.0. The molecule has 0 aliphatic rings. The highest BCUT2D eigenvalue weighted by atomic mass is 32.2. The van der Waals surface area contributed by atoms with Crippen molar-refractivity contribution in [2.45, 2.75) is 38.6 Å². The van der Waals surface area contributed by atoms with Crippen molar-refractivity contribution >= 4 is 27.0 Å². The fraction of sp³-hybridized carbons (Fsp3) is 0.625. The van der Waals surface area contributed by atoms with E-state index in [1.54, 1.807) is 17.8 Å². The molecule has 1 aromatic heterocycles. The van der Waals surface area contributed by atoms with Crippen LogP contribution in [0.15, 0.2) is 23.0 Å². The van der Waals surface area contributed by atoms with Gasteiger partial charge in [-0.1, -0.05) is 6.07 Å². The second kappa shape index (κ2) is 12.3. The number of pyridine rings is 1. The Balaban J connectivity index is 2.46. The van der Waals surface area contributed by atoms with Crippen LogP contribution in [0.1, 0.15) is 26.0 Å². The van der Waals surface area contributed by atoms with E-state index in [1.807, 2.05) is 19.9 Å². The molecule has 8 heteroatoms. The van der Waals surface area contributed by atoms with Crippen molar-refractivity contribution in [1.29, 1.82) is 0 Å². The summed E-state index contributed by atoms with van der Waals surface area (Å²) in [6.45, 7) is 5.34. The molecular weight excluding hydrogens is 346 g/mol. The van der Waals surface area contributed by atoms with E-state index < -0.39 is 15.3 Å². The number of esters is 1. The van der Waals surface area contributed by atoms with Crippen molar-refractivity contribution in [3.63, 3.8) is 0 Å². The predicted molar refractivity (Wildman–Crippen MR) is 98.7 cm³/mol. The molecule has 0 aliphatic heterocycles. The van der Waals surface area contributed by atoms with Crippen LogP contribution in [0.2, 0.25) is 6.04 Å². The Hall–Kier alpha value is -1.09. The summed E-state index contributed by atoms with van der Waals surface area (Å²) in [5.74, 6) is 1.23. The molecule has 0 amide bonds. The first-order chi connectivity index (χ1) is 11.6. The van der Waals surface area contributed by atoms with Gasteiger partial charge >= 0.3 is 15.3 Å². The SMILES string of the molecule is CCO[SiH](CCCSCc1cccc(=O)n1CC(=O)OC)OCC. The molecule has 24 heavy (non-hydrogen) atoms. The predicted octanol–water partition coefficient (Wildman–Crippen LogP) is 1.94. The molecule has 0 atom stereocenters. The topological polar surface area (TPSA) is 66.8 Å². The van der Waals surface area contributed by atoms with E-state index in [2.05, 4.69) is 4.74 Å². The van der Waals surface area contributed by atoms with E-state index in [1.165, 1.54) is 17.7 Å². The van der Waals surface area contributed by atoms with Crippen LogP contribution >= 0.6 is 11.8 Å². The summed E-state index contributed by atoms with van der Waals surface area (Å²) in [4.78, 5) is 23.4. The summed E-state index contributed by atoms with van der Waals surface area (Å²) >= 11 is 1.74. The van der Waals surface area contributed by atoms with Crippen LogP contribution < -0.4 is 5.56 Å². The van der Waals surface area contributed by atoms with Crippen molar-refractivity contribution in [2.24, 2.45) is 0 Å². The van der Waals surface area contributed by atoms with Gasteiger partial charge in [0.05, 0.1) is 7.11 Å². The molecule has 1 rings (SSSR count). The van der Waals surface area contributed by atoms with E-state index in [-0.39, 0.29) is 12.1 Å². The highest BCUT2D eigenvalue weighted by Crippen LogP contribution is 2.14. The fourth-order valence-electron chi connectivity index (χ4n) is 2.18. The second-order valence-corrected chi connectivity index (χ2v) is 8.26. The summed E-state index contributed by atoms with van der Waals surface area (Å²) in [6.07, 6.45) is 1.02. The Bertz CT molecular complexity index is 546. The first kappa shape index (κ1) is 21.0. The molecule has 6 nitrogen and oxygen atoms in total. The first-order valence-corrected chi connectivity index (χ1v) is 11.1. The lowest BCUT2D eigenvalue weighted by Crippen LogP contribution is -2.26. The van der Waals surface area contributed by atoms with Gasteiger partial charge in [-0.15, -0.1) is 0 Å². The zero-order chi connectivity index (χ0) is 17.8. The van der Waals surface area contributed by atoms with Crippen molar-refractivity contribution in [3.05, 3.63) is 34.2 Å². The van der Waals surface area contributed by atoms with Crippen LogP contribution in [-0.4, -0.2) is 45.9 Å². The number of ether oxygens (including phenoxy) is 1. The number of thioether (sulfide) groups is 1. The van der Waals surface area contributed by atoms with Crippen LogP contribution in [-0.2, 0) is 30.7 Å². The Kier molecular flexibility index (Phi) is 10.7. The monoisotopic (exact) mass is 373 g/mol. The molecule has 136 valence electrons. The number of hydrogen-bond acceptors (Lipinski definition) is 6. The number of nitrogens with zero attached hydrogens (tertiary/aromatic N) is 1. The lowest BCUT2D eigenvalue weighted by atomic mass is 10.3. The number of carbonyl (C=O) groups excluding carboxylic acids is 1. The van der Waals surface area contributed by atoms with Crippen molar-refractivity contribution in [2.75, 3.05) is 26.1 Å². The van der Waals surface area contributed by atoms with Gasteiger partial charge in [0, 0.05) is 30.7 Å². The number of hydrogen-bond donors (Lipinski definition) is 0. The molecule has 0 aromatic carbocycles. The zero-order valence-corrected chi connectivity index (χ0v) is 16.6. The van der Waals surface area contributed by atoms with Gasteiger partial charge in [0.25, 0.3) is 5.56 Å². The summed E-state index contributed by atoms with van der Waals surface area (Å²) in [6, 6.07) is 6.03. The van der Waals surface area contributed by atoms with Crippen molar-refractivity contribution in [1.82, 2.24) is 4.57 Å². The van der Waals surface area contributed by atoms with Gasteiger partial charge in [-0.3, -0.25) is 9.59 Å². The van der Waals surface area contributed by atoms with Crippen LogP contribution in [0.25, 0.3) is 0 Å². The standard InChI is InChI=1S/C16H27NO5SSi/c1-4-21-24(22-5-2)11-7-10-23-13-14-8-6-9-15(18)17(14)12-16(19)20-3/h6,8-9,24H,4-5,7,10-13H2,1-3H3. The molecule has 0 saturated heterocycles. The van der Waals surface area contributed by atoms with E-state index in [9.17, 15) is 9.59 Å². The smallest absolute Gasteiger partial charge is 0.325 e. The quantitative estimate of drug-likeness (QED) is 0.317. The number of aromatic nitrogens is 1. The van der Waals surface area contributed by atoms with E-state index in [4.69, 9.17) is 8.85 Å². The molecule has 0 saturated carbocycles. The van der Waals surface area contributed by atoms with E-state index in [0.717, 1.165) is 23.9 Å². The lowest BCUT2D eigenvalue weighted by molar-refractivity contribution is -0.141. The maximum Gasteiger partial charge on any atom is 0.325 e. The van der Waals surface area contributed by atoms with Crippen LogP contribution in [0.3, 0.4) is 0 Å². The molecule has 0 radical (unpaired) electrons. The Labute approximate surface area is 149 Å². The number of methoxy groups -OCH3 is 1. The third-order valence-corrected chi connectivity index (χ3v) is 6.71. The Morgan fingerprint density at radius 1 is 1.25 bits per heavy atom. The van der Waals surface area contributed by atoms with Crippen LogP contribution in [0.4, 0.5) is 0 Å². The lowest BCUT2D eigenvalue weighted by Gasteiger charge is -2.14. The van der Waals surface area contributed by atoms with Gasteiger partial charge in [-0.05, 0) is 38.1 Å². The largest absolute Gasteiger partial charge is 0.468 e. The average Bonchev–Trinajstić information content (AvgIpc) is 2.57.